The van der Waals surface area contributed by atoms with Gasteiger partial charge in [-0.1, -0.05) is 18.2 Å². The average Bonchev–Trinajstić information content (AvgIpc) is 3.30. The smallest absolute Gasteiger partial charge is 0.261 e. The lowest BCUT2D eigenvalue weighted by atomic mass is 10.1. The number of sulfonamides is 1. The molecule has 0 saturated carbocycles. The molecule has 0 aliphatic carbocycles. The number of nitrogens with zero attached hydrogens (tertiary/aromatic N) is 4. The molecule has 11 heteroatoms. The van der Waals surface area contributed by atoms with Crippen molar-refractivity contribution in [2.24, 2.45) is 0 Å². The number of para-hydroxylation sites is 2. The van der Waals surface area contributed by atoms with Gasteiger partial charge in [-0.15, -0.1) is 5.10 Å². The van der Waals surface area contributed by atoms with Crippen LogP contribution in [0.1, 0.15) is 10.4 Å². The Hall–Kier alpha value is -4.12. The normalized spacial score (nSPS) is 11.1. The molecule has 0 saturated heterocycles. The van der Waals surface area contributed by atoms with E-state index in [0.717, 1.165) is 24.3 Å². The number of hydrogen-bond donors (Lipinski definition) is 2. The molecule has 1 aromatic heterocycles. The lowest BCUT2D eigenvalue weighted by Crippen LogP contribution is -2.17. The highest BCUT2D eigenvalue weighted by molar-refractivity contribution is 7.92. The first-order chi connectivity index (χ1) is 14.9. The number of benzene rings is 3. The second kappa shape index (κ2) is 8.32. The van der Waals surface area contributed by atoms with E-state index >= 15 is 0 Å². The summed E-state index contributed by atoms with van der Waals surface area (Å²) < 4.78 is 42.2. The Morgan fingerprint density at radius 1 is 0.935 bits per heavy atom. The minimum atomic E-state index is -3.98. The van der Waals surface area contributed by atoms with Crippen molar-refractivity contribution < 1.29 is 17.6 Å². The zero-order valence-corrected chi connectivity index (χ0v) is 16.6. The van der Waals surface area contributed by atoms with E-state index in [2.05, 4.69) is 25.6 Å². The van der Waals surface area contributed by atoms with Gasteiger partial charge in [0.15, 0.2) is 0 Å². The van der Waals surface area contributed by atoms with Crippen molar-refractivity contribution >= 4 is 27.3 Å². The molecule has 3 aromatic carbocycles. The third kappa shape index (κ3) is 4.56. The van der Waals surface area contributed by atoms with Gasteiger partial charge in [0.25, 0.3) is 15.9 Å². The summed E-state index contributed by atoms with van der Waals surface area (Å²) in [7, 11) is -3.98. The summed E-state index contributed by atoms with van der Waals surface area (Å²) in [6, 6.07) is 17.4. The van der Waals surface area contributed by atoms with Gasteiger partial charge in [0.05, 0.1) is 22.0 Å². The van der Waals surface area contributed by atoms with E-state index in [1.807, 2.05) is 0 Å². The lowest BCUT2D eigenvalue weighted by molar-refractivity contribution is 0.102. The van der Waals surface area contributed by atoms with Crippen LogP contribution in [0.4, 0.5) is 15.8 Å². The van der Waals surface area contributed by atoms with Gasteiger partial charge in [-0.25, -0.2) is 17.5 Å². The van der Waals surface area contributed by atoms with Gasteiger partial charge in [0.2, 0.25) is 0 Å². The number of aromatic nitrogens is 4. The van der Waals surface area contributed by atoms with Crippen LogP contribution in [-0.2, 0) is 10.0 Å². The predicted molar refractivity (Wildman–Crippen MR) is 111 cm³/mol. The second-order valence-corrected chi connectivity index (χ2v) is 8.05. The van der Waals surface area contributed by atoms with Gasteiger partial charge in [-0.2, -0.15) is 0 Å². The standard InChI is InChI=1S/C20H15FN6O3S/c21-15-8-10-17(11-9-15)31(29,30)24-19-7-2-1-6-18(19)23-20(28)14-4-3-5-16(12-14)27-13-22-25-26-27/h1-13,24H,(H,23,28). The summed E-state index contributed by atoms with van der Waals surface area (Å²) in [6.07, 6.45) is 1.40. The molecule has 156 valence electrons. The van der Waals surface area contributed by atoms with Crippen LogP contribution in [0.3, 0.4) is 0 Å². The lowest BCUT2D eigenvalue weighted by Gasteiger charge is -2.14. The first-order valence-electron chi connectivity index (χ1n) is 8.94. The first-order valence-corrected chi connectivity index (χ1v) is 10.4. The Bertz CT molecular complexity index is 1330. The second-order valence-electron chi connectivity index (χ2n) is 6.36. The molecule has 9 nitrogen and oxygen atoms in total. The van der Waals surface area contributed by atoms with Crippen molar-refractivity contribution in [3.05, 3.63) is 90.5 Å². The zero-order chi connectivity index (χ0) is 21.8. The maximum Gasteiger partial charge on any atom is 0.261 e. The third-order valence-corrected chi connectivity index (χ3v) is 5.65. The van der Waals surface area contributed by atoms with Crippen LogP contribution in [0.25, 0.3) is 5.69 Å². The summed E-state index contributed by atoms with van der Waals surface area (Å²) >= 11 is 0. The maximum atomic E-state index is 13.1. The highest BCUT2D eigenvalue weighted by atomic mass is 32.2. The molecular weight excluding hydrogens is 423 g/mol. The number of halogens is 1. The zero-order valence-electron chi connectivity index (χ0n) is 15.8. The van der Waals surface area contributed by atoms with Crippen LogP contribution in [0.2, 0.25) is 0 Å². The molecule has 31 heavy (non-hydrogen) atoms. The molecule has 1 heterocycles. The van der Waals surface area contributed by atoms with Gasteiger partial charge in [0, 0.05) is 5.56 Å². The molecule has 1 amide bonds. The van der Waals surface area contributed by atoms with E-state index in [1.54, 1.807) is 42.5 Å². The van der Waals surface area contributed by atoms with Gasteiger partial charge < -0.3 is 5.32 Å². The van der Waals surface area contributed by atoms with Crippen LogP contribution in [0, 0.1) is 5.82 Å². The Morgan fingerprint density at radius 3 is 2.39 bits per heavy atom. The maximum absolute atomic E-state index is 13.1. The summed E-state index contributed by atoms with van der Waals surface area (Å²) in [5.41, 5.74) is 1.33. The van der Waals surface area contributed by atoms with Gasteiger partial charge in [0.1, 0.15) is 12.1 Å². The molecule has 0 fully saturated rings. The number of amides is 1. The predicted octanol–water partition coefficient (Wildman–Crippen LogP) is 2.85. The Labute approximate surface area is 176 Å². The topological polar surface area (TPSA) is 119 Å². The summed E-state index contributed by atoms with van der Waals surface area (Å²) in [4.78, 5) is 12.7. The molecule has 0 unspecified atom stereocenters. The molecule has 0 radical (unpaired) electrons. The summed E-state index contributed by atoms with van der Waals surface area (Å²) in [5, 5.41) is 13.6. The quantitative estimate of drug-likeness (QED) is 0.478. The van der Waals surface area contributed by atoms with Crippen molar-refractivity contribution in [3.63, 3.8) is 0 Å². The molecule has 4 aromatic rings. The van der Waals surface area contributed by atoms with Gasteiger partial charge in [-0.05, 0) is 65.0 Å². The molecule has 0 spiro atoms. The minimum Gasteiger partial charge on any atom is -0.320 e. The Balaban J connectivity index is 1.57. The fraction of sp³-hybridized carbons (Fsp3) is 0. The molecular formula is C20H15FN6O3S. The number of nitrogens with one attached hydrogen (secondary N) is 2. The van der Waals surface area contributed by atoms with Crippen LogP contribution < -0.4 is 10.0 Å². The van der Waals surface area contributed by atoms with Crippen LogP contribution >= 0.6 is 0 Å². The largest absolute Gasteiger partial charge is 0.320 e. The molecule has 0 atom stereocenters. The van der Waals surface area contributed by atoms with E-state index < -0.39 is 21.7 Å². The van der Waals surface area contributed by atoms with Crippen LogP contribution in [-0.4, -0.2) is 34.5 Å². The Kier molecular flexibility index (Phi) is 5.41. The fourth-order valence-electron chi connectivity index (χ4n) is 2.76. The van der Waals surface area contributed by atoms with Crippen molar-refractivity contribution in [3.8, 4) is 5.69 Å². The van der Waals surface area contributed by atoms with E-state index in [-0.39, 0.29) is 16.3 Å². The third-order valence-electron chi connectivity index (χ3n) is 4.27. The van der Waals surface area contributed by atoms with Crippen molar-refractivity contribution in [1.82, 2.24) is 20.2 Å². The highest BCUT2D eigenvalue weighted by Crippen LogP contribution is 2.25. The Morgan fingerprint density at radius 2 is 1.68 bits per heavy atom. The number of anilines is 2. The van der Waals surface area contributed by atoms with E-state index in [9.17, 15) is 17.6 Å². The summed E-state index contributed by atoms with van der Waals surface area (Å²) in [5.74, 6) is -1.00. The highest BCUT2D eigenvalue weighted by Gasteiger charge is 2.17. The molecule has 4 rings (SSSR count). The fourth-order valence-corrected chi connectivity index (χ4v) is 3.84. The number of carbonyl (C=O) groups is 1. The molecule has 0 aliphatic rings. The SMILES string of the molecule is O=C(Nc1ccccc1NS(=O)(=O)c1ccc(F)cc1)c1cccc(-n2cnnn2)c1. The van der Waals surface area contributed by atoms with Crippen LogP contribution in [0.5, 0.6) is 0 Å². The monoisotopic (exact) mass is 438 g/mol. The number of hydrogen-bond acceptors (Lipinski definition) is 6. The van der Waals surface area contributed by atoms with Crippen LogP contribution in [0.15, 0.2) is 84.0 Å². The van der Waals surface area contributed by atoms with E-state index in [1.165, 1.54) is 17.1 Å². The van der Waals surface area contributed by atoms with Gasteiger partial charge in [-0.3, -0.25) is 9.52 Å². The number of tetrazole rings is 1. The molecule has 2 N–H and O–H groups in total. The van der Waals surface area contributed by atoms with E-state index in [4.69, 9.17) is 0 Å². The molecule has 0 bridgehead atoms. The average molecular weight is 438 g/mol. The van der Waals surface area contributed by atoms with Crippen molar-refractivity contribution in [1.29, 1.82) is 0 Å². The first kappa shape index (κ1) is 20.2. The minimum absolute atomic E-state index is 0.107. The molecule has 0 aliphatic heterocycles. The van der Waals surface area contributed by atoms with Crippen molar-refractivity contribution in [2.45, 2.75) is 4.90 Å². The van der Waals surface area contributed by atoms with Crippen molar-refractivity contribution in [2.75, 3.05) is 10.0 Å². The van der Waals surface area contributed by atoms with Gasteiger partial charge >= 0.3 is 0 Å². The van der Waals surface area contributed by atoms with E-state index in [0.29, 0.717) is 11.3 Å². The summed E-state index contributed by atoms with van der Waals surface area (Å²) in [6.45, 7) is 0. The number of carbonyl (C=O) groups excluding carboxylic acids is 1. The number of rotatable bonds is 6.